The first kappa shape index (κ1) is 11.5. The maximum absolute atomic E-state index is 10.8. The Morgan fingerprint density at radius 3 is 2.23 bits per heavy atom. The van der Waals surface area contributed by atoms with Gasteiger partial charge in [-0.3, -0.25) is 0 Å². The van der Waals surface area contributed by atoms with E-state index in [1.54, 1.807) is 20.8 Å². The monoisotopic (exact) mass is 190 g/mol. The van der Waals surface area contributed by atoms with Crippen LogP contribution in [0.3, 0.4) is 0 Å². The Morgan fingerprint density at radius 2 is 1.77 bits per heavy atom. The van der Waals surface area contributed by atoms with E-state index in [1.807, 2.05) is 10.9 Å². The summed E-state index contributed by atoms with van der Waals surface area (Å²) in [7, 11) is 0. The van der Waals surface area contributed by atoms with Gasteiger partial charge in [-0.1, -0.05) is 0 Å². The number of hydrogen-bond acceptors (Lipinski definition) is 4. The van der Waals surface area contributed by atoms with Crippen molar-refractivity contribution in [3.05, 3.63) is 0 Å². The average molecular weight is 190 g/mol. The number of nitrogens with one attached hydrogen (secondary N) is 2. The van der Waals surface area contributed by atoms with Crippen LogP contribution in [0.5, 0.6) is 0 Å². The molecule has 0 saturated heterocycles. The van der Waals surface area contributed by atoms with Crippen molar-refractivity contribution in [2.75, 3.05) is 6.61 Å². The lowest BCUT2D eigenvalue weighted by Crippen LogP contribution is -2.42. The van der Waals surface area contributed by atoms with Crippen LogP contribution in [0.25, 0.3) is 0 Å². The Kier molecular flexibility index (Phi) is 5.42. The Bertz CT molecular complexity index is 181. The lowest BCUT2D eigenvalue weighted by Gasteiger charge is -2.09. The van der Waals surface area contributed by atoms with Crippen LogP contribution in [0.4, 0.5) is 9.59 Å². The fraction of sp³-hybridized carbons (Fsp3) is 0.714. The Balaban J connectivity index is 3.52. The summed E-state index contributed by atoms with van der Waals surface area (Å²) in [4.78, 5) is 21.4. The summed E-state index contributed by atoms with van der Waals surface area (Å²) in [5.74, 6) is 0. The summed E-state index contributed by atoms with van der Waals surface area (Å²) >= 11 is 0. The van der Waals surface area contributed by atoms with Crippen LogP contribution in [-0.4, -0.2) is 24.9 Å². The van der Waals surface area contributed by atoms with Gasteiger partial charge in [0.25, 0.3) is 0 Å². The van der Waals surface area contributed by atoms with E-state index in [1.165, 1.54) is 0 Å². The number of hydrazine groups is 1. The highest BCUT2D eigenvalue weighted by Crippen LogP contribution is 1.86. The van der Waals surface area contributed by atoms with Crippen molar-refractivity contribution >= 4 is 12.2 Å². The Morgan fingerprint density at radius 1 is 1.23 bits per heavy atom. The average Bonchev–Trinajstić information content (AvgIpc) is 2.00. The molecule has 0 heterocycles. The molecule has 76 valence electrons. The molecule has 0 aromatic carbocycles. The van der Waals surface area contributed by atoms with Gasteiger partial charge in [0, 0.05) is 0 Å². The summed E-state index contributed by atoms with van der Waals surface area (Å²) in [5.41, 5.74) is 4.02. The first-order valence-corrected chi connectivity index (χ1v) is 3.95. The zero-order valence-corrected chi connectivity index (χ0v) is 7.92. The molecule has 0 bridgehead atoms. The van der Waals surface area contributed by atoms with Crippen molar-refractivity contribution in [3.8, 4) is 0 Å². The van der Waals surface area contributed by atoms with Gasteiger partial charge in [0.05, 0.1) is 12.7 Å². The van der Waals surface area contributed by atoms with Gasteiger partial charge < -0.3 is 9.47 Å². The van der Waals surface area contributed by atoms with Gasteiger partial charge >= 0.3 is 12.2 Å². The molecule has 0 saturated carbocycles. The molecule has 0 aromatic heterocycles. The topological polar surface area (TPSA) is 76.7 Å². The van der Waals surface area contributed by atoms with Crippen LogP contribution >= 0.6 is 0 Å². The first-order chi connectivity index (χ1) is 6.06. The van der Waals surface area contributed by atoms with Crippen LogP contribution in [0, 0.1) is 0 Å². The quantitative estimate of drug-likeness (QED) is 0.631. The predicted molar refractivity (Wildman–Crippen MR) is 44.9 cm³/mol. The zero-order chi connectivity index (χ0) is 10.3. The number of carbonyl (C=O) groups is 2. The van der Waals surface area contributed by atoms with Gasteiger partial charge in [0.15, 0.2) is 0 Å². The molecule has 13 heavy (non-hydrogen) atoms. The molecular weight excluding hydrogens is 176 g/mol. The van der Waals surface area contributed by atoms with Gasteiger partial charge in [0.1, 0.15) is 0 Å². The summed E-state index contributed by atoms with van der Waals surface area (Å²) in [6, 6.07) is 0. The maximum Gasteiger partial charge on any atom is 0.426 e. The molecule has 0 aliphatic carbocycles. The first-order valence-electron chi connectivity index (χ1n) is 3.95. The molecule has 0 rings (SSSR count). The fourth-order valence-electron chi connectivity index (χ4n) is 0.513. The summed E-state index contributed by atoms with van der Waals surface area (Å²) in [6.45, 7) is 5.30. The molecule has 0 spiro atoms. The predicted octanol–water partition coefficient (Wildman–Crippen LogP) is 0.782. The molecule has 0 aromatic rings. The normalized spacial score (nSPS) is 9.23. The SMILES string of the molecule is CCOC(=O)NNC(=O)OC(C)C. The summed E-state index contributed by atoms with van der Waals surface area (Å²) in [5, 5.41) is 0. The molecule has 0 aliphatic heterocycles. The number of hydrogen-bond donors (Lipinski definition) is 2. The molecule has 6 heteroatoms. The fourth-order valence-corrected chi connectivity index (χ4v) is 0.513. The maximum atomic E-state index is 10.8. The molecule has 2 amide bonds. The number of rotatable bonds is 2. The second kappa shape index (κ2) is 6.10. The lowest BCUT2D eigenvalue weighted by molar-refractivity contribution is 0.105. The van der Waals surface area contributed by atoms with E-state index in [-0.39, 0.29) is 12.7 Å². The molecule has 0 aliphatic rings. The van der Waals surface area contributed by atoms with Gasteiger partial charge in [-0.2, -0.15) is 0 Å². The highest BCUT2D eigenvalue weighted by Gasteiger charge is 2.06. The Hall–Kier alpha value is -1.46. The Labute approximate surface area is 76.5 Å². The third-order valence-electron chi connectivity index (χ3n) is 0.885. The van der Waals surface area contributed by atoms with Crippen molar-refractivity contribution in [1.82, 2.24) is 10.9 Å². The molecule has 0 unspecified atom stereocenters. The van der Waals surface area contributed by atoms with Crippen LogP contribution in [-0.2, 0) is 9.47 Å². The molecule has 0 atom stereocenters. The third kappa shape index (κ3) is 6.92. The second-order valence-electron chi connectivity index (χ2n) is 2.42. The smallest absolute Gasteiger partial charge is 0.426 e. The van der Waals surface area contributed by atoms with E-state index >= 15 is 0 Å². The van der Waals surface area contributed by atoms with Gasteiger partial charge in [-0.15, -0.1) is 0 Å². The molecule has 2 N–H and O–H groups in total. The third-order valence-corrected chi connectivity index (χ3v) is 0.885. The van der Waals surface area contributed by atoms with Crippen LogP contribution in [0.2, 0.25) is 0 Å². The number of amides is 2. The highest BCUT2D eigenvalue weighted by atomic mass is 16.6. The van der Waals surface area contributed by atoms with Crippen LogP contribution in [0.15, 0.2) is 0 Å². The van der Waals surface area contributed by atoms with Crippen LogP contribution < -0.4 is 10.9 Å². The van der Waals surface area contributed by atoms with E-state index in [0.29, 0.717) is 0 Å². The standard InChI is InChI=1S/C7H14N2O4/c1-4-12-6(10)8-9-7(11)13-5(2)3/h5H,4H2,1-3H3,(H,8,10)(H,9,11). The summed E-state index contributed by atoms with van der Waals surface area (Å²) < 4.78 is 9.14. The number of ether oxygens (including phenoxy) is 2. The van der Waals surface area contributed by atoms with E-state index in [9.17, 15) is 9.59 Å². The largest absolute Gasteiger partial charge is 0.449 e. The van der Waals surface area contributed by atoms with Crippen molar-refractivity contribution < 1.29 is 19.1 Å². The van der Waals surface area contributed by atoms with E-state index < -0.39 is 12.2 Å². The van der Waals surface area contributed by atoms with E-state index in [2.05, 4.69) is 9.47 Å². The zero-order valence-electron chi connectivity index (χ0n) is 7.92. The highest BCUT2D eigenvalue weighted by molar-refractivity contribution is 5.73. The van der Waals surface area contributed by atoms with Crippen molar-refractivity contribution in [2.45, 2.75) is 26.9 Å². The van der Waals surface area contributed by atoms with Crippen LogP contribution in [0.1, 0.15) is 20.8 Å². The second-order valence-corrected chi connectivity index (χ2v) is 2.42. The molecule has 0 radical (unpaired) electrons. The minimum absolute atomic E-state index is 0.232. The van der Waals surface area contributed by atoms with E-state index in [0.717, 1.165) is 0 Å². The van der Waals surface area contributed by atoms with Gasteiger partial charge in [-0.05, 0) is 20.8 Å². The minimum atomic E-state index is -0.719. The van der Waals surface area contributed by atoms with Gasteiger partial charge in [0.2, 0.25) is 0 Å². The lowest BCUT2D eigenvalue weighted by atomic mass is 10.5. The summed E-state index contributed by atoms with van der Waals surface area (Å²) in [6.07, 6.45) is -1.67. The number of carbonyl (C=O) groups excluding carboxylic acids is 2. The van der Waals surface area contributed by atoms with Crippen molar-refractivity contribution in [3.63, 3.8) is 0 Å². The molecule has 0 fully saturated rings. The van der Waals surface area contributed by atoms with Crippen molar-refractivity contribution in [1.29, 1.82) is 0 Å². The molecular formula is C7H14N2O4. The van der Waals surface area contributed by atoms with Crippen molar-refractivity contribution in [2.24, 2.45) is 0 Å². The van der Waals surface area contributed by atoms with Gasteiger partial charge in [-0.25, -0.2) is 20.4 Å². The van der Waals surface area contributed by atoms with E-state index in [4.69, 9.17) is 0 Å². The minimum Gasteiger partial charge on any atom is -0.449 e. The molecule has 6 nitrogen and oxygen atoms in total.